The molecule has 1 aliphatic rings. The zero-order valence-electron chi connectivity index (χ0n) is 19.3. The van der Waals surface area contributed by atoms with E-state index in [0.717, 1.165) is 11.1 Å². The highest BCUT2D eigenvalue weighted by atomic mass is 19.3. The van der Waals surface area contributed by atoms with Crippen molar-refractivity contribution in [2.45, 2.75) is 18.8 Å². The topological polar surface area (TPSA) is 78.9 Å². The van der Waals surface area contributed by atoms with Crippen molar-refractivity contribution < 1.29 is 32.6 Å². The van der Waals surface area contributed by atoms with E-state index in [2.05, 4.69) is 5.32 Å². The van der Waals surface area contributed by atoms with Crippen LogP contribution in [-0.4, -0.2) is 54.2 Å². The molecule has 0 aliphatic carbocycles. The van der Waals surface area contributed by atoms with E-state index in [4.69, 9.17) is 9.84 Å². The van der Waals surface area contributed by atoms with Crippen LogP contribution in [-0.2, 0) is 0 Å². The van der Waals surface area contributed by atoms with Crippen LogP contribution in [0.3, 0.4) is 0 Å². The summed E-state index contributed by atoms with van der Waals surface area (Å²) in [5, 5.41) is 11.0. The summed E-state index contributed by atoms with van der Waals surface area (Å²) in [6.45, 7) is 0.263. The second-order valence-electron chi connectivity index (χ2n) is 8.52. The van der Waals surface area contributed by atoms with E-state index in [-0.39, 0.29) is 50.8 Å². The third kappa shape index (κ3) is 6.16. The van der Waals surface area contributed by atoms with E-state index in [0.29, 0.717) is 22.4 Å². The number of piperidine rings is 1. The first-order chi connectivity index (χ1) is 17.2. The number of hydrogen-bond donors (Lipinski definition) is 2. The van der Waals surface area contributed by atoms with Gasteiger partial charge in [-0.25, -0.2) is 18.0 Å². The van der Waals surface area contributed by atoms with Gasteiger partial charge >= 0.3 is 6.09 Å². The predicted octanol–water partition coefficient (Wildman–Crippen LogP) is 5.68. The Hall–Kier alpha value is -4.01. The van der Waals surface area contributed by atoms with Gasteiger partial charge in [0.05, 0.1) is 6.54 Å². The van der Waals surface area contributed by atoms with Crippen molar-refractivity contribution in [3.63, 3.8) is 0 Å². The van der Waals surface area contributed by atoms with Gasteiger partial charge in [0.1, 0.15) is 18.2 Å². The lowest BCUT2D eigenvalue weighted by molar-refractivity contribution is -0.0494. The number of nitrogens with one attached hydrogen (secondary N) is 1. The van der Waals surface area contributed by atoms with Crippen LogP contribution in [0.25, 0.3) is 22.3 Å². The molecule has 6 nitrogen and oxygen atoms in total. The fraction of sp³-hybridized carbons (Fsp3) is 0.259. The summed E-state index contributed by atoms with van der Waals surface area (Å²) in [6, 6.07) is 18.3. The highest BCUT2D eigenvalue weighted by Gasteiger charge is 2.35. The number of amides is 2. The number of alkyl halides is 2. The summed E-state index contributed by atoms with van der Waals surface area (Å²) in [4.78, 5) is 24.8. The molecular weight excluding hydrogens is 473 g/mol. The molecule has 0 atom stereocenters. The first-order valence-electron chi connectivity index (χ1n) is 11.5. The van der Waals surface area contributed by atoms with Crippen LogP contribution in [0.2, 0.25) is 0 Å². The third-order valence-corrected chi connectivity index (χ3v) is 6.02. The molecule has 1 heterocycles. The maximum atomic E-state index is 13.5. The zero-order chi connectivity index (χ0) is 25.7. The molecule has 0 unspecified atom stereocenters. The molecular formula is C27H25F3N2O4. The number of hydrogen-bond acceptors (Lipinski definition) is 3. The van der Waals surface area contributed by atoms with Crippen LogP contribution < -0.4 is 10.1 Å². The lowest BCUT2D eigenvalue weighted by atomic mass is 9.97. The van der Waals surface area contributed by atoms with E-state index < -0.39 is 12.0 Å². The monoisotopic (exact) mass is 498 g/mol. The maximum Gasteiger partial charge on any atom is 0.404 e. The number of carboxylic acid groups (broad SMARTS) is 1. The molecule has 9 heteroatoms. The Bertz CT molecular complexity index is 1220. The number of carbonyl (C=O) groups excluding carboxylic acids is 1. The van der Waals surface area contributed by atoms with Crippen molar-refractivity contribution in [1.82, 2.24) is 10.2 Å². The van der Waals surface area contributed by atoms with Gasteiger partial charge in [-0.2, -0.15) is 0 Å². The Kier molecular flexibility index (Phi) is 7.47. The summed E-state index contributed by atoms with van der Waals surface area (Å²) >= 11 is 0. The summed E-state index contributed by atoms with van der Waals surface area (Å²) in [5.41, 5.74) is 3.47. The quantitative estimate of drug-likeness (QED) is 0.411. The number of carbonyl (C=O) groups is 2. The van der Waals surface area contributed by atoms with E-state index >= 15 is 0 Å². The number of ether oxygens (including phenoxy) is 1. The predicted molar refractivity (Wildman–Crippen MR) is 129 cm³/mol. The van der Waals surface area contributed by atoms with Crippen molar-refractivity contribution in [1.29, 1.82) is 0 Å². The fourth-order valence-corrected chi connectivity index (χ4v) is 4.03. The molecule has 3 aromatic rings. The normalized spacial score (nSPS) is 14.8. The molecule has 0 bridgehead atoms. The van der Waals surface area contributed by atoms with Gasteiger partial charge in [0, 0.05) is 37.1 Å². The van der Waals surface area contributed by atoms with E-state index in [1.807, 2.05) is 12.1 Å². The SMILES string of the molecule is O=C(O)NCCOc1ccc(-c2ccc(C(=O)N3CCC(F)(F)CC3)cc2)cc1-c1ccc(F)cc1. The minimum Gasteiger partial charge on any atom is -0.491 e. The number of nitrogens with zero attached hydrogens (tertiary/aromatic N) is 1. The van der Waals surface area contributed by atoms with Gasteiger partial charge in [0.15, 0.2) is 0 Å². The average Bonchev–Trinajstić information content (AvgIpc) is 2.87. The molecule has 1 aliphatic heterocycles. The number of benzene rings is 3. The molecule has 2 N–H and O–H groups in total. The Labute approximate surface area is 206 Å². The van der Waals surface area contributed by atoms with Gasteiger partial charge in [-0.1, -0.05) is 30.3 Å². The summed E-state index contributed by atoms with van der Waals surface area (Å²) in [7, 11) is 0. The Balaban J connectivity index is 1.55. The molecule has 0 spiro atoms. The molecule has 0 radical (unpaired) electrons. The molecule has 4 rings (SSSR count). The highest BCUT2D eigenvalue weighted by molar-refractivity contribution is 5.95. The first-order valence-corrected chi connectivity index (χ1v) is 11.5. The summed E-state index contributed by atoms with van der Waals surface area (Å²) in [6.07, 6.45) is -1.80. The van der Waals surface area contributed by atoms with Gasteiger partial charge in [-0.05, 0) is 53.1 Å². The molecule has 0 saturated carbocycles. The van der Waals surface area contributed by atoms with Crippen LogP contribution in [0.5, 0.6) is 5.75 Å². The van der Waals surface area contributed by atoms with Crippen LogP contribution in [0, 0.1) is 5.82 Å². The van der Waals surface area contributed by atoms with Crippen molar-refractivity contribution >= 4 is 12.0 Å². The van der Waals surface area contributed by atoms with Crippen molar-refractivity contribution in [3.05, 3.63) is 78.1 Å². The lowest BCUT2D eigenvalue weighted by Crippen LogP contribution is -2.42. The van der Waals surface area contributed by atoms with Gasteiger partial charge in [-0.15, -0.1) is 0 Å². The minimum atomic E-state index is -2.72. The molecule has 0 aromatic heterocycles. The van der Waals surface area contributed by atoms with Crippen molar-refractivity contribution in [2.75, 3.05) is 26.2 Å². The Morgan fingerprint density at radius 1 is 0.917 bits per heavy atom. The van der Waals surface area contributed by atoms with Crippen LogP contribution >= 0.6 is 0 Å². The average molecular weight is 499 g/mol. The van der Waals surface area contributed by atoms with Crippen molar-refractivity contribution in [2.24, 2.45) is 0 Å². The third-order valence-electron chi connectivity index (χ3n) is 6.02. The fourth-order valence-electron chi connectivity index (χ4n) is 4.03. The van der Waals surface area contributed by atoms with Gasteiger partial charge in [-0.3, -0.25) is 4.79 Å². The molecule has 2 amide bonds. The van der Waals surface area contributed by atoms with Gasteiger partial charge < -0.3 is 20.1 Å². The smallest absolute Gasteiger partial charge is 0.404 e. The second kappa shape index (κ2) is 10.7. The summed E-state index contributed by atoms with van der Waals surface area (Å²) in [5.74, 6) is -2.86. The number of likely N-dealkylation sites (tertiary alicyclic amines) is 1. The Morgan fingerprint density at radius 3 is 2.17 bits per heavy atom. The molecule has 3 aromatic carbocycles. The van der Waals surface area contributed by atoms with E-state index in [1.165, 1.54) is 17.0 Å². The molecule has 188 valence electrons. The second-order valence-corrected chi connectivity index (χ2v) is 8.52. The van der Waals surface area contributed by atoms with E-state index in [1.54, 1.807) is 42.5 Å². The van der Waals surface area contributed by atoms with Crippen LogP contribution in [0.1, 0.15) is 23.2 Å². The number of halogens is 3. The Morgan fingerprint density at radius 2 is 1.53 bits per heavy atom. The standard InChI is InChI=1S/C27H25F3N2O4/c28-22-8-5-19(6-9-22)23-17-21(7-10-24(23)36-16-13-31-26(34)35)18-1-3-20(4-2-18)25(33)32-14-11-27(29,30)12-15-32/h1-10,17,31H,11-16H2,(H,34,35). The maximum absolute atomic E-state index is 13.5. The molecule has 1 fully saturated rings. The highest BCUT2D eigenvalue weighted by Crippen LogP contribution is 2.35. The van der Waals surface area contributed by atoms with E-state index in [9.17, 15) is 22.8 Å². The van der Waals surface area contributed by atoms with Crippen LogP contribution in [0.15, 0.2) is 66.7 Å². The summed E-state index contributed by atoms with van der Waals surface area (Å²) < 4.78 is 46.1. The minimum absolute atomic E-state index is 0.0259. The number of rotatable bonds is 7. The molecule has 36 heavy (non-hydrogen) atoms. The zero-order valence-corrected chi connectivity index (χ0v) is 19.3. The van der Waals surface area contributed by atoms with Crippen molar-refractivity contribution in [3.8, 4) is 28.0 Å². The first kappa shape index (κ1) is 25.1. The van der Waals surface area contributed by atoms with Gasteiger partial charge in [0.2, 0.25) is 0 Å². The largest absolute Gasteiger partial charge is 0.491 e. The molecule has 1 saturated heterocycles. The van der Waals surface area contributed by atoms with Crippen LogP contribution in [0.4, 0.5) is 18.0 Å². The lowest BCUT2D eigenvalue weighted by Gasteiger charge is -2.31. The van der Waals surface area contributed by atoms with Gasteiger partial charge in [0.25, 0.3) is 11.8 Å².